The van der Waals surface area contributed by atoms with E-state index in [0.29, 0.717) is 11.5 Å². The van der Waals surface area contributed by atoms with Gasteiger partial charge >= 0.3 is 0 Å². The molecule has 1 aromatic rings. The van der Waals surface area contributed by atoms with E-state index in [1.165, 1.54) is 13.2 Å². The van der Waals surface area contributed by atoms with Crippen LogP contribution < -0.4 is 10.1 Å². The number of amides is 1. The molecule has 1 atom stereocenters. The topological polar surface area (TPSA) is 41.6 Å². The Kier molecular flexibility index (Phi) is 5.56. The second-order valence-electron chi connectivity index (χ2n) is 5.55. The zero-order valence-corrected chi connectivity index (χ0v) is 12.7. The number of nitrogens with zero attached hydrogens (tertiary/aromatic N) is 1. The average molecular weight is 294 g/mol. The van der Waals surface area contributed by atoms with Gasteiger partial charge in [0.1, 0.15) is 0 Å². The van der Waals surface area contributed by atoms with Gasteiger partial charge in [0.2, 0.25) is 5.91 Å². The maximum atomic E-state index is 13.6. The highest BCUT2D eigenvalue weighted by molar-refractivity contribution is 5.79. The van der Waals surface area contributed by atoms with Gasteiger partial charge < -0.3 is 15.0 Å². The molecule has 0 spiro atoms. The number of methoxy groups -OCH3 is 1. The van der Waals surface area contributed by atoms with Gasteiger partial charge in [-0.25, -0.2) is 4.39 Å². The van der Waals surface area contributed by atoms with Crippen LogP contribution in [0.4, 0.5) is 4.39 Å². The van der Waals surface area contributed by atoms with E-state index in [-0.39, 0.29) is 18.1 Å². The molecular formula is C16H23FN2O2. The summed E-state index contributed by atoms with van der Waals surface area (Å²) in [4.78, 5) is 14.2. The molecule has 1 amide bonds. The van der Waals surface area contributed by atoms with Gasteiger partial charge in [-0.05, 0) is 50.0 Å². The molecule has 1 fully saturated rings. The lowest BCUT2D eigenvalue weighted by Crippen LogP contribution is -2.43. The van der Waals surface area contributed by atoms with Crippen molar-refractivity contribution in [1.29, 1.82) is 0 Å². The molecule has 0 aromatic heterocycles. The third-order valence-corrected chi connectivity index (χ3v) is 3.94. The van der Waals surface area contributed by atoms with Crippen LogP contribution in [0.15, 0.2) is 18.2 Å². The lowest BCUT2D eigenvalue weighted by atomic mass is 9.97. The van der Waals surface area contributed by atoms with Gasteiger partial charge in [-0.3, -0.25) is 4.79 Å². The normalized spacial score (nSPS) is 18.6. The molecule has 116 valence electrons. The van der Waals surface area contributed by atoms with E-state index < -0.39 is 5.82 Å². The minimum absolute atomic E-state index is 0.0698. The summed E-state index contributed by atoms with van der Waals surface area (Å²) < 4.78 is 18.5. The predicted molar refractivity (Wildman–Crippen MR) is 79.9 cm³/mol. The summed E-state index contributed by atoms with van der Waals surface area (Å²) in [5, 5.41) is 3.17. The molecule has 1 saturated heterocycles. The second kappa shape index (κ2) is 7.41. The molecule has 2 rings (SSSR count). The summed E-state index contributed by atoms with van der Waals surface area (Å²) in [6, 6.07) is 4.69. The molecule has 1 N–H and O–H groups in total. The first-order valence-corrected chi connectivity index (χ1v) is 7.38. The summed E-state index contributed by atoms with van der Waals surface area (Å²) in [7, 11) is 3.36. The predicted octanol–water partition coefficient (Wildman–Crippen LogP) is 1.83. The van der Waals surface area contributed by atoms with Gasteiger partial charge in [-0.2, -0.15) is 0 Å². The number of halogens is 1. The van der Waals surface area contributed by atoms with Crippen LogP contribution in [0.3, 0.4) is 0 Å². The maximum absolute atomic E-state index is 13.6. The van der Waals surface area contributed by atoms with Crippen LogP contribution in [0.25, 0.3) is 0 Å². The van der Waals surface area contributed by atoms with E-state index in [2.05, 4.69) is 5.32 Å². The Labute approximate surface area is 125 Å². The number of hydrogen-bond donors (Lipinski definition) is 1. The molecular weight excluding hydrogens is 271 g/mol. The smallest absolute Gasteiger partial charge is 0.227 e. The van der Waals surface area contributed by atoms with Crippen LogP contribution in [0.1, 0.15) is 18.4 Å². The summed E-state index contributed by atoms with van der Waals surface area (Å²) in [5.41, 5.74) is 0.689. The monoisotopic (exact) mass is 294 g/mol. The van der Waals surface area contributed by atoms with Gasteiger partial charge in [0.05, 0.1) is 13.5 Å². The summed E-state index contributed by atoms with van der Waals surface area (Å²) in [6.07, 6.45) is 2.43. The lowest BCUT2D eigenvalue weighted by Gasteiger charge is -2.32. The first kappa shape index (κ1) is 15.8. The molecule has 21 heavy (non-hydrogen) atoms. The summed E-state index contributed by atoms with van der Waals surface area (Å²) in [5.74, 6) is 0.369. The molecule has 0 bridgehead atoms. The number of rotatable bonds is 5. The van der Waals surface area contributed by atoms with Crippen LogP contribution in [-0.4, -0.2) is 44.6 Å². The molecule has 5 heteroatoms. The molecule has 0 radical (unpaired) electrons. The zero-order chi connectivity index (χ0) is 15.2. The zero-order valence-electron chi connectivity index (χ0n) is 12.7. The highest BCUT2D eigenvalue weighted by Crippen LogP contribution is 2.20. The van der Waals surface area contributed by atoms with Crippen LogP contribution in [0.5, 0.6) is 5.75 Å². The Morgan fingerprint density at radius 3 is 3.00 bits per heavy atom. The Balaban J connectivity index is 1.96. The van der Waals surface area contributed by atoms with Crippen molar-refractivity contribution >= 4 is 5.91 Å². The van der Waals surface area contributed by atoms with Crippen molar-refractivity contribution < 1.29 is 13.9 Å². The summed E-state index contributed by atoms with van der Waals surface area (Å²) >= 11 is 0. The van der Waals surface area contributed by atoms with Crippen molar-refractivity contribution in [2.75, 3.05) is 33.8 Å². The Morgan fingerprint density at radius 2 is 2.33 bits per heavy atom. The van der Waals surface area contributed by atoms with Crippen LogP contribution in [0.2, 0.25) is 0 Å². The molecule has 1 aliphatic heterocycles. The number of benzene rings is 1. The molecule has 1 aromatic carbocycles. The fourth-order valence-electron chi connectivity index (χ4n) is 2.85. The van der Waals surface area contributed by atoms with Crippen LogP contribution in [-0.2, 0) is 11.2 Å². The number of carbonyl (C=O) groups excluding carboxylic acids is 1. The Bertz CT molecular complexity index is 491. The molecule has 1 heterocycles. The first-order valence-electron chi connectivity index (χ1n) is 7.38. The highest BCUT2D eigenvalue weighted by atomic mass is 19.1. The highest BCUT2D eigenvalue weighted by Gasteiger charge is 2.23. The quantitative estimate of drug-likeness (QED) is 0.901. The third kappa shape index (κ3) is 4.17. The minimum atomic E-state index is -0.422. The van der Waals surface area contributed by atoms with Gasteiger partial charge in [0, 0.05) is 13.1 Å². The number of nitrogens with one attached hydrogen (secondary N) is 1. The van der Waals surface area contributed by atoms with Gasteiger partial charge in [0.15, 0.2) is 11.6 Å². The average Bonchev–Trinajstić information content (AvgIpc) is 2.48. The van der Waals surface area contributed by atoms with Crippen molar-refractivity contribution in [3.63, 3.8) is 0 Å². The first-order chi connectivity index (χ1) is 10.1. The van der Waals surface area contributed by atoms with Crippen molar-refractivity contribution in [3.05, 3.63) is 29.6 Å². The van der Waals surface area contributed by atoms with Crippen molar-refractivity contribution in [1.82, 2.24) is 10.2 Å². The molecule has 0 unspecified atom stereocenters. The minimum Gasteiger partial charge on any atom is -0.494 e. The maximum Gasteiger partial charge on any atom is 0.227 e. The van der Waals surface area contributed by atoms with E-state index in [4.69, 9.17) is 4.74 Å². The van der Waals surface area contributed by atoms with E-state index in [1.807, 2.05) is 11.9 Å². The van der Waals surface area contributed by atoms with Gasteiger partial charge in [-0.15, -0.1) is 0 Å². The van der Waals surface area contributed by atoms with Crippen LogP contribution in [0, 0.1) is 11.7 Å². The van der Waals surface area contributed by atoms with E-state index in [0.717, 1.165) is 32.5 Å². The second-order valence-corrected chi connectivity index (χ2v) is 5.55. The molecule has 4 nitrogen and oxygen atoms in total. The van der Waals surface area contributed by atoms with Gasteiger partial charge in [-0.1, -0.05) is 6.07 Å². The number of carbonyl (C=O) groups is 1. The van der Waals surface area contributed by atoms with Crippen molar-refractivity contribution in [2.24, 2.45) is 5.92 Å². The third-order valence-electron chi connectivity index (χ3n) is 3.94. The molecule has 0 saturated carbocycles. The number of ether oxygens (including phenoxy) is 1. The Hall–Kier alpha value is -1.62. The largest absolute Gasteiger partial charge is 0.494 e. The van der Waals surface area contributed by atoms with Crippen molar-refractivity contribution in [3.8, 4) is 5.75 Å². The fraction of sp³-hybridized carbons (Fsp3) is 0.562. The van der Waals surface area contributed by atoms with E-state index in [9.17, 15) is 9.18 Å². The number of likely N-dealkylation sites (tertiary alicyclic amines) is 1. The lowest BCUT2D eigenvalue weighted by molar-refractivity contribution is -0.132. The SMILES string of the molecule is CNC[C@@H]1CCCN(C(=O)Cc2ccc(OC)c(F)c2)C1. The Morgan fingerprint density at radius 1 is 1.52 bits per heavy atom. The molecule has 1 aliphatic rings. The summed E-state index contributed by atoms with van der Waals surface area (Å²) in [6.45, 7) is 2.52. The van der Waals surface area contributed by atoms with E-state index >= 15 is 0 Å². The molecule has 0 aliphatic carbocycles. The van der Waals surface area contributed by atoms with Crippen molar-refractivity contribution in [2.45, 2.75) is 19.3 Å². The van der Waals surface area contributed by atoms with E-state index in [1.54, 1.807) is 12.1 Å². The number of piperidine rings is 1. The van der Waals surface area contributed by atoms with Gasteiger partial charge in [0.25, 0.3) is 0 Å². The number of hydrogen-bond acceptors (Lipinski definition) is 3. The standard InChI is InChI=1S/C16H23FN2O2/c1-18-10-13-4-3-7-19(11-13)16(20)9-12-5-6-15(21-2)14(17)8-12/h5-6,8,13,18H,3-4,7,9-11H2,1-2H3/t13-/m0/s1. The van der Waals surface area contributed by atoms with Crippen LogP contribution >= 0.6 is 0 Å². The fourth-order valence-corrected chi connectivity index (χ4v) is 2.85.